The van der Waals surface area contributed by atoms with Gasteiger partial charge < -0.3 is 14.4 Å². The van der Waals surface area contributed by atoms with Crippen molar-refractivity contribution in [2.24, 2.45) is 0 Å². The monoisotopic (exact) mass is 299 g/mol. The molecule has 21 heavy (non-hydrogen) atoms. The highest BCUT2D eigenvalue weighted by atomic mass is 19.1. The number of hydrogen-bond donors (Lipinski definition) is 0. The van der Waals surface area contributed by atoms with Crippen molar-refractivity contribution in [3.05, 3.63) is 29.8 Å². The number of carbonyl (C=O) groups excluding carboxylic acids is 1. The van der Waals surface area contributed by atoms with E-state index in [2.05, 4.69) is 0 Å². The number of hydrogen-bond acceptors (Lipinski definition) is 3. The summed E-state index contributed by atoms with van der Waals surface area (Å²) in [5.41, 5.74) is -0.556. The molecule has 1 fully saturated rings. The van der Waals surface area contributed by atoms with Gasteiger partial charge in [-0.2, -0.15) is 0 Å². The number of ether oxygens (including phenoxy) is 2. The third-order valence-electron chi connectivity index (χ3n) is 2.98. The van der Waals surface area contributed by atoms with Crippen LogP contribution in [0, 0.1) is 11.6 Å². The molecule has 0 spiro atoms. The Morgan fingerprint density at radius 3 is 2.67 bits per heavy atom. The van der Waals surface area contributed by atoms with Gasteiger partial charge in [0.2, 0.25) is 0 Å². The van der Waals surface area contributed by atoms with Crippen molar-refractivity contribution in [2.75, 3.05) is 13.1 Å². The fourth-order valence-electron chi connectivity index (χ4n) is 2.07. The highest BCUT2D eigenvalue weighted by Crippen LogP contribution is 2.23. The van der Waals surface area contributed by atoms with Gasteiger partial charge in [0.15, 0.2) is 11.6 Å². The van der Waals surface area contributed by atoms with E-state index in [0.29, 0.717) is 19.5 Å². The zero-order valence-corrected chi connectivity index (χ0v) is 12.4. The number of likely N-dealkylation sites (tertiary alicyclic amines) is 1. The molecule has 0 saturated carbocycles. The molecule has 0 N–H and O–H groups in total. The van der Waals surface area contributed by atoms with Crippen LogP contribution in [0.15, 0.2) is 18.2 Å². The predicted octanol–water partition coefficient (Wildman–Crippen LogP) is 3.35. The van der Waals surface area contributed by atoms with Crippen LogP contribution in [0.3, 0.4) is 0 Å². The van der Waals surface area contributed by atoms with E-state index < -0.39 is 23.3 Å². The Kier molecular flexibility index (Phi) is 4.34. The Balaban J connectivity index is 1.92. The van der Waals surface area contributed by atoms with Crippen LogP contribution in [-0.2, 0) is 4.74 Å². The zero-order valence-electron chi connectivity index (χ0n) is 12.4. The molecule has 1 heterocycles. The molecule has 116 valence electrons. The summed E-state index contributed by atoms with van der Waals surface area (Å²) in [6.45, 7) is 6.20. The van der Waals surface area contributed by atoms with E-state index in [1.54, 1.807) is 20.8 Å². The van der Waals surface area contributed by atoms with Crippen LogP contribution in [0.1, 0.15) is 27.2 Å². The van der Waals surface area contributed by atoms with Crippen molar-refractivity contribution < 1.29 is 23.0 Å². The Bertz CT molecular complexity index is 528. The van der Waals surface area contributed by atoms with Gasteiger partial charge in [-0.15, -0.1) is 0 Å². The summed E-state index contributed by atoms with van der Waals surface area (Å²) in [6, 6.07) is 3.16. The number of benzene rings is 1. The average Bonchev–Trinajstić information content (AvgIpc) is 2.79. The van der Waals surface area contributed by atoms with Crippen LogP contribution in [0.5, 0.6) is 5.75 Å². The third kappa shape index (κ3) is 4.31. The number of halogens is 2. The minimum atomic E-state index is -0.745. The third-order valence-corrected chi connectivity index (χ3v) is 2.98. The molecule has 4 nitrogen and oxygen atoms in total. The van der Waals surface area contributed by atoms with Crippen LogP contribution < -0.4 is 4.74 Å². The number of carbonyl (C=O) groups is 1. The van der Waals surface area contributed by atoms with Crippen LogP contribution in [-0.4, -0.2) is 35.8 Å². The minimum absolute atomic E-state index is 0.00700. The molecule has 1 unspecified atom stereocenters. The molecular formula is C15H19F2NO3. The Morgan fingerprint density at radius 1 is 1.33 bits per heavy atom. The molecule has 1 saturated heterocycles. The van der Waals surface area contributed by atoms with Crippen LogP contribution in [0.2, 0.25) is 0 Å². The fraction of sp³-hybridized carbons (Fsp3) is 0.533. The first kappa shape index (κ1) is 15.5. The molecule has 0 aromatic heterocycles. The molecule has 1 atom stereocenters. The summed E-state index contributed by atoms with van der Waals surface area (Å²) in [4.78, 5) is 13.4. The highest BCUT2D eigenvalue weighted by molar-refractivity contribution is 5.68. The fourth-order valence-corrected chi connectivity index (χ4v) is 2.07. The topological polar surface area (TPSA) is 38.8 Å². The van der Waals surface area contributed by atoms with Gasteiger partial charge >= 0.3 is 6.09 Å². The van der Waals surface area contributed by atoms with Gasteiger partial charge in [-0.3, -0.25) is 0 Å². The quantitative estimate of drug-likeness (QED) is 0.840. The Morgan fingerprint density at radius 2 is 2.05 bits per heavy atom. The summed E-state index contributed by atoms with van der Waals surface area (Å²) in [6.07, 6.45) is -0.151. The largest absolute Gasteiger partial charge is 0.485 e. The molecule has 0 aliphatic carbocycles. The summed E-state index contributed by atoms with van der Waals surface area (Å²) < 4.78 is 37.1. The lowest BCUT2D eigenvalue weighted by molar-refractivity contribution is 0.0275. The van der Waals surface area contributed by atoms with Gasteiger partial charge in [-0.1, -0.05) is 0 Å². The van der Waals surface area contributed by atoms with Crippen molar-refractivity contribution in [1.82, 2.24) is 4.90 Å². The molecular weight excluding hydrogens is 280 g/mol. The second-order valence-corrected chi connectivity index (χ2v) is 6.03. The first-order valence-corrected chi connectivity index (χ1v) is 6.84. The lowest BCUT2D eigenvalue weighted by Crippen LogP contribution is -2.36. The van der Waals surface area contributed by atoms with Crippen molar-refractivity contribution in [3.63, 3.8) is 0 Å². The first-order chi connectivity index (χ1) is 9.74. The van der Waals surface area contributed by atoms with Gasteiger partial charge in [0.25, 0.3) is 0 Å². The Hall–Kier alpha value is -1.85. The lowest BCUT2D eigenvalue weighted by Gasteiger charge is -2.24. The standard InChI is InChI=1S/C15H19F2NO3/c1-15(2,3)21-14(19)18-7-6-11(9-18)20-13-5-4-10(16)8-12(13)17/h4-5,8,11H,6-7,9H2,1-3H3. The highest BCUT2D eigenvalue weighted by Gasteiger charge is 2.31. The van der Waals surface area contributed by atoms with E-state index in [0.717, 1.165) is 12.1 Å². The predicted molar refractivity (Wildman–Crippen MR) is 73.2 cm³/mol. The van der Waals surface area contributed by atoms with Crippen molar-refractivity contribution >= 4 is 6.09 Å². The van der Waals surface area contributed by atoms with E-state index >= 15 is 0 Å². The first-order valence-electron chi connectivity index (χ1n) is 6.84. The van der Waals surface area contributed by atoms with E-state index in [1.165, 1.54) is 11.0 Å². The number of rotatable bonds is 2. The van der Waals surface area contributed by atoms with E-state index in [-0.39, 0.29) is 11.9 Å². The maximum atomic E-state index is 13.5. The van der Waals surface area contributed by atoms with Crippen LogP contribution in [0.4, 0.5) is 13.6 Å². The summed E-state index contributed by atoms with van der Waals surface area (Å²) >= 11 is 0. The van der Waals surface area contributed by atoms with Crippen molar-refractivity contribution in [2.45, 2.75) is 38.9 Å². The van der Waals surface area contributed by atoms with Crippen molar-refractivity contribution in [1.29, 1.82) is 0 Å². The average molecular weight is 299 g/mol. The second kappa shape index (κ2) is 5.87. The molecule has 1 aromatic rings. The molecule has 6 heteroatoms. The van der Waals surface area contributed by atoms with Gasteiger partial charge in [-0.05, 0) is 32.9 Å². The summed E-state index contributed by atoms with van der Waals surface area (Å²) in [5.74, 6) is -1.40. The number of nitrogens with zero attached hydrogens (tertiary/aromatic N) is 1. The van der Waals surface area contributed by atoms with Gasteiger partial charge in [0.05, 0.1) is 6.54 Å². The van der Waals surface area contributed by atoms with Crippen LogP contribution in [0.25, 0.3) is 0 Å². The smallest absolute Gasteiger partial charge is 0.410 e. The Labute approximate surface area is 122 Å². The molecule has 1 aliphatic heterocycles. The van der Waals surface area contributed by atoms with Gasteiger partial charge in [-0.25, -0.2) is 13.6 Å². The summed E-state index contributed by atoms with van der Waals surface area (Å²) in [7, 11) is 0. The molecule has 2 rings (SSSR count). The second-order valence-electron chi connectivity index (χ2n) is 6.03. The van der Waals surface area contributed by atoms with E-state index in [9.17, 15) is 13.6 Å². The number of amides is 1. The molecule has 1 aromatic carbocycles. The van der Waals surface area contributed by atoms with Crippen LogP contribution >= 0.6 is 0 Å². The maximum absolute atomic E-state index is 13.5. The summed E-state index contributed by atoms with van der Waals surface area (Å²) in [5, 5.41) is 0. The van der Waals surface area contributed by atoms with Crippen molar-refractivity contribution in [3.8, 4) is 5.75 Å². The van der Waals surface area contributed by atoms with Gasteiger partial charge in [0, 0.05) is 19.0 Å². The SMILES string of the molecule is CC(C)(C)OC(=O)N1CCC(Oc2ccc(F)cc2F)C1. The molecule has 1 amide bonds. The molecule has 1 aliphatic rings. The maximum Gasteiger partial charge on any atom is 0.410 e. The minimum Gasteiger partial charge on any atom is -0.485 e. The van der Waals surface area contributed by atoms with Gasteiger partial charge in [0.1, 0.15) is 17.5 Å². The molecule has 0 bridgehead atoms. The van der Waals surface area contributed by atoms with E-state index in [4.69, 9.17) is 9.47 Å². The lowest BCUT2D eigenvalue weighted by atomic mass is 10.2. The normalized spacial score (nSPS) is 18.7. The molecule has 0 radical (unpaired) electrons. The van der Waals surface area contributed by atoms with E-state index in [1.807, 2.05) is 0 Å². The zero-order chi connectivity index (χ0) is 15.6.